The van der Waals surface area contributed by atoms with Crippen molar-refractivity contribution in [3.05, 3.63) is 28.8 Å². The predicted molar refractivity (Wildman–Crippen MR) is 74.4 cm³/mol. The van der Waals surface area contributed by atoms with Crippen LogP contribution in [0.15, 0.2) is 23.1 Å². The number of nitrogens with two attached hydrogens (primary N) is 1. The lowest BCUT2D eigenvalue weighted by Crippen LogP contribution is -2.18. The van der Waals surface area contributed by atoms with Crippen molar-refractivity contribution in [3.63, 3.8) is 0 Å². The van der Waals surface area contributed by atoms with Crippen molar-refractivity contribution in [1.29, 1.82) is 0 Å². The molecule has 0 heterocycles. The Bertz CT molecular complexity index is 355. The van der Waals surface area contributed by atoms with Crippen molar-refractivity contribution in [2.24, 2.45) is 5.73 Å². The molecule has 1 nitrogen and oxygen atoms in total. The van der Waals surface area contributed by atoms with Crippen LogP contribution in [0.25, 0.3) is 0 Å². The standard InChI is InChI=1S/C13H20ClNS/c1-9(15)7-10-5-6-11(8-12(10)14)16-13(2,3)4/h5-6,8-9H,7,15H2,1-4H3. The zero-order valence-corrected chi connectivity index (χ0v) is 12.0. The van der Waals surface area contributed by atoms with Crippen molar-refractivity contribution in [2.45, 2.75) is 49.8 Å². The second-order valence-corrected chi connectivity index (χ2v) is 7.46. The van der Waals surface area contributed by atoms with Gasteiger partial charge in [-0.2, -0.15) is 0 Å². The Labute approximate surface area is 108 Å². The van der Waals surface area contributed by atoms with E-state index in [4.69, 9.17) is 17.3 Å². The summed E-state index contributed by atoms with van der Waals surface area (Å²) in [5.41, 5.74) is 6.90. The van der Waals surface area contributed by atoms with Crippen LogP contribution in [0.3, 0.4) is 0 Å². The number of halogens is 1. The molecule has 1 atom stereocenters. The summed E-state index contributed by atoms with van der Waals surface area (Å²) in [5.74, 6) is 0. The maximum Gasteiger partial charge on any atom is 0.0449 e. The molecule has 1 unspecified atom stereocenters. The Hall–Kier alpha value is -0.180. The largest absolute Gasteiger partial charge is 0.328 e. The van der Waals surface area contributed by atoms with Crippen LogP contribution < -0.4 is 5.73 Å². The second kappa shape index (κ2) is 5.44. The molecule has 90 valence electrons. The fourth-order valence-corrected chi connectivity index (χ4v) is 2.80. The number of hydrogen-bond acceptors (Lipinski definition) is 2. The molecule has 0 spiro atoms. The smallest absolute Gasteiger partial charge is 0.0449 e. The van der Waals surface area contributed by atoms with Crippen LogP contribution in [-0.4, -0.2) is 10.8 Å². The molecule has 0 saturated carbocycles. The molecule has 0 aliphatic carbocycles. The molecule has 0 fully saturated rings. The maximum atomic E-state index is 6.23. The number of benzene rings is 1. The van der Waals surface area contributed by atoms with E-state index in [2.05, 4.69) is 32.9 Å². The van der Waals surface area contributed by atoms with E-state index in [-0.39, 0.29) is 10.8 Å². The van der Waals surface area contributed by atoms with E-state index >= 15 is 0 Å². The van der Waals surface area contributed by atoms with Crippen LogP contribution in [0, 0.1) is 0 Å². The Morgan fingerprint density at radius 1 is 1.38 bits per heavy atom. The van der Waals surface area contributed by atoms with Crippen LogP contribution >= 0.6 is 23.4 Å². The van der Waals surface area contributed by atoms with Crippen molar-refractivity contribution < 1.29 is 0 Å². The summed E-state index contributed by atoms with van der Waals surface area (Å²) in [6.07, 6.45) is 0.833. The molecule has 2 N–H and O–H groups in total. The minimum Gasteiger partial charge on any atom is -0.328 e. The minimum atomic E-state index is 0.151. The third-order valence-corrected chi connectivity index (χ3v) is 3.44. The predicted octanol–water partition coefficient (Wildman–Crippen LogP) is 4.12. The zero-order valence-electron chi connectivity index (χ0n) is 10.4. The van der Waals surface area contributed by atoms with Gasteiger partial charge in [-0.15, -0.1) is 11.8 Å². The Kier molecular flexibility index (Phi) is 4.72. The summed E-state index contributed by atoms with van der Waals surface area (Å²) in [6, 6.07) is 6.40. The number of thioether (sulfide) groups is 1. The van der Waals surface area contributed by atoms with Gasteiger partial charge in [0.25, 0.3) is 0 Å². The van der Waals surface area contributed by atoms with Crippen LogP contribution in [0.4, 0.5) is 0 Å². The van der Waals surface area contributed by atoms with Gasteiger partial charge in [0.1, 0.15) is 0 Å². The van der Waals surface area contributed by atoms with Gasteiger partial charge in [-0.1, -0.05) is 38.4 Å². The highest BCUT2D eigenvalue weighted by Crippen LogP contribution is 2.34. The first-order valence-corrected chi connectivity index (χ1v) is 6.70. The van der Waals surface area contributed by atoms with E-state index in [9.17, 15) is 0 Å². The molecule has 0 bridgehead atoms. The second-order valence-electron chi connectivity index (χ2n) is 5.15. The third kappa shape index (κ3) is 4.77. The summed E-state index contributed by atoms with van der Waals surface area (Å²) in [7, 11) is 0. The van der Waals surface area contributed by atoms with E-state index in [1.165, 1.54) is 4.90 Å². The highest BCUT2D eigenvalue weighted by molar-refractivity contribution is 8.00. The molecule has 1 rings (SSSR count). The molecular weight excluding hydrogens is 238 g/mol. The number of hydrogen-bond donors (Lipinski definition) is 1. The SMILES string of the molecule is CC(N)Cc1ccc(SC(C)(C)C)cc1Cl. The van der Waals surface area contributed by atoms with Gasteiger partial charge in [0.05, 0.1) is 0 Å². The van der Waals surface area contributed by atoms with Gasteiger partial charge in [0.15, 0.2) is 0 Å². The fraction of sp³-hybridized carbons (Fsp3) is 0.538. The lowest BCUT2D eigenvalue weighted by Gasteiger charge is -2.18. The van der Waals surface area contributed by atoms with Gasteiger partial charge in [0, 0.05) is 20.7 Å². The lowest BCUT2D eigenvalue weighted by molar-refractivity contribution is 0.737. The highest BCUT2D eigenvalue weighted by atomic mass is 35.5. The first-order valence-electron chi connectivity index (χ1n) is 5.51. The molecule has 1 aromatic rings. The van der Waals surface area contributed by atoms with Crippen LogP contribution in [0.1, 0.15) is 33.3 Å². The normalized spacial score (nSPS) is 13.9. The van der Waals surface area contributed by atoms with Gasteiger partial charge >= 0.3 is 0 Å². The zero-order chi connectivity index (χ0) is 12.3. The Morgan fingerprint density at radius 2 is 2.00 bits per heavy atom. The first kappa shape index (κ1) is 13.9. The topological polar surface area (TPSA) is 26.0 Å². The monoisotopic (exact) mass is 257 g/mol. The summed E-state index contributed by atoms with van der Waals surface area (Å²) in [5, 5.41) is 0.826. The van der Waals surface area contributed by atoms with Crippen molar-refractivity contribution in [2.75, 3.05) is 0 Å². The van der Waals surface area contributed by atoms with Crippen LogP contribution in [0.2, 0.25) is 5.02 Å². The Morgan fingerprint density at radius 3 is 2.44 bits per heavy atom. The summed E-state index contributed by atoms with van der Waals surface area (Å²) in [4.78, 5) is 1.21. The van der Waals surface area contributed by atoms with Crippen LogP contribution in [0.5, 0.6) is 0 Å². The lowest BCUT2D eigenvalue weighted by atomic mass is 10.1. The summed E-state index contributed by atoms with van der Waals surface area (Å²) in [6.45, 7) is 8.58. The van der Waals surface area contributed by atoms with Crippen LogP contribution in [-0.2, 0) is 6.42 Å². The van der Waals surface area contributed by atoms with Gasteiger partial charge in [0.2, 0.25) is 0 Å². The van der Waals surface area contributed by atoms with Gasteiger partial charge in [-0.05, 0) is 31.0 Å². The number of rotatable bonds is 3. The molecule has 0 amide bonds. The van der Waals surface area contributed by atoms with E-state index in [1.54, 1.807) is 0 Å². The van der Waals surface area contributed by atoms with Gasteiger partial charge in [-0.3, -0.25) is 0 Å². The minimum absolute atomic E-state index is 0.151. The molecule has 0 aromatic heterocycles. The average Bonchev–Trinajstić information content (AvgIpc) is 2.06. The molecule has 0 aliphatic rings. The molecule has 16 heavy (non-hydrogen) atoms. The summed E-state index contributed by atoms with van der Waals surface area (Å²) >= 11 is 8.06. The van der Waals surface area contributed by atoms with Crippen molar-refractivity contribution in [1.82, 2.24) is 0 Å². The van der Waals surface area contributed by atoms with E-state index < -0.39 is 0 Å². The quantitative estimate of drug-likeness (QED) is 0.825. The van der Waals surface area contributed by atoms with Crippen molar-refractivity contribution in [3.8, 4) is 0 Å². The molecule has 0 saturated heterocycles. The maximum absolute atomic E-state index is 6.23. The van der Waals surface area contributed by atoms with Crippen molar-refractivity contribution >= 4 is 23.4 Å². The molecular formula is C13H20ClNS. The molecule has 0 aliphatic heterocycles. The van der Waals surface area contributed by atoms with E-state index in [0.717, 1.165) is 17.0 Å². The molecule has 1 aromatic carbocycles. The average molecular weight is 258 g/mol. The van der Waals surface area contributed by atoms with Gasteiger partial charge < -0.3 is 5.73 Å². The first-order chi connectivity index (χ1) is 7.28. The molecule has 0 radical (unpaired) electrons. The van der Waals surface area contributed by atoms with Gasteiger partial charge in [-0.25, -0.2) is 0 Å². The summed E-state index contributed by atoms with van der Waals surface area (Å²) < 4.78 is 0.214. The molecule has 3 heteroatoms. The third-order valence-electron chi connectivity index (χ3n) is 1.99. The fourth-order valence-electron chi connectivity index (χ4n) is 1.46. The van der Waals surface area contributed by atoms with E-state index in [1.807, 2.05) is 24.8 Å². The van der Waals surface area contributed by atoms with E-state index in [0.29, 0.717) is 0 Å². The Balaban J connectivity index is 2.83. The highest BCUT2D eigenvalue weighted by Gasteiger charge is 2.13.